The molecular weight excluding hydrogens is 504 g/mol. The molecule has 2 aromatic heterocycles. The molecular formula is C29H30N2O8. The fourth-order valence-electron chi connectivity index (χ4n) is 5.38. The molecule has 0 unspecified atom stereocenters. The second-order valence-corrected chi connectivity index (χ2v) is 10.7. The van der Waals surface area contributed by atoms with E-state index in [1.807, 2.05) is 6.92 Å². The summed E-state index contributed by atoms with van der Waals surface area (Å²) in [6, 6.07) is 6.87. The Balaban J connectivity index is 1.65. The zero-order valence-corrected chi connectivity index (χ0v) is 22.8. The summed E-state index contributed by atoms with van der Waals surface area (Å²) in [6.07, 6.45) is -0.0596. The molecule has 0 spiro atoms. The Bertz CT molecular complexity index is 1610. The summed E-state index contributed by atoms with van der Waals surface area (Å²) in [6.45, 7) is 10.3. The van der Waals surface area contributed by atoms with E-state index in [4.69, 9.17) is 23.9 Å². The van der Waals surface area contributed by atoms with Crippen LogP contribution in [-0.4, -0.2) is 33.2 Å². The van der Waals surface area contributed by atoms with Crippen LogP contribution in [0, 0.1) is 0 Å². The number of pyridine rings is 2. The third kappa shape index (κ3) is 4.33. The number of ether oxygens (including phenoxy) is 4. The summed E-state index contributed by atoms with van der Waals surface area (Å²) in [4.78, 5) is 55.6. The minimum Gasteiger partial charge on any atom is -0.457 e. The number of hydrogen-bond acceptors (Lipinski definition) is 9. The van der Waals surface area contributed by atoms with E-state index < -0.39 is 29.3 Å². The number of hydrogen-bond donors (Lipinski definition) is 0. The van der Waals surface area contributed by atoms with E-state index in [9.17, 15) is 19.2 Å². The van der Waals surface area contributed by atoms with Crippen LogP contribution in [0.5, 0.6) is 5.75 Å². The van der Waals surface area contributed by atoms with Gasteiger partial charge < -0.3 is 23.5 Å². The molecule has 10 nitrogen and oxygen atoms in total. The summed E-state index contributed by atoms with van der Waals surface area (Å²) >= 11 is 0. The lowest BCUT2D eigenvalue weighted by Crippen LogP contribution is -2.47. The molecule has 10 heteroatoms. The molecule has 39 heavy (non-hydrogen) atoms. The van der Waals surface area contributed by atoms with Gasteiger partial charge in [0.25, 0.3) is 5.56 Å². The summed E-state index contributed by atoms with van der Waals surface area (Å²) in [7, 11) is 0. The second-order valence-electron chi connectivity index (χ2n) is 10.7. The zero-order chi connectivity index (χ0) is 28.3. The van der Waals surface area contributed by atoms with E-state index >= 15 is 0 Å². The maximum Gasteiger partial charge on any atom is 0.514 e. The van der Waals surface area contributed by atoms with Gasteiger partial charge in [-0.25, -0.2) is 14.6 Å². The van der Waals surface area contributed by atoms with E-state index in [0.29, 0.717) is 34.6 Å². The molecule has 5 rings (SSSR count). The first kappa shape index (κ1) is 26.4. The first-order valence-electron chi connectivity index (χ1n) is 12.9. The van der Waals surface area contributed by atoms with Gasteiger partial charge in [0.05, 0.1) is 29.0 Å². The van der Waals surface area contributed by atoms with Gasteiger partial charge in [0.2, 0.25) is 5.60 Å². The van der Waals surface area contributed by atoms with Crippen molar-refractivity contribution in [1.29, 1.82) is 0 Å². The predicted molar refractivity (Wildman–Crippen MR) is 140 cm³/mol. The molecule has 0 bridgehead atoms. The molecule has 0 saturated carbocycles. The van der Waals surface area contributed by atoms with E-state index in [1.165, 1.54) is 6.92 Å². The molecule has 0 aliphatic carbocycles. The molecule has 1 atom stereocenters. The van der Waals surface area contributed by atoms with E-state index in [-0.39, 0.29) is 30.7 Å². The molecule has 0 amide bonds. The summed E-state index contributed by atoms with van der Waals surface area (Å²) < 4.78 is 23.1. The van der Waals surface area contributed by atoms with Crippen molar-refractivity contribution in [2.24, 2.45) is 0 Å². The maximum atomic E-state index is 13.7. The van der Waals surface area contributed by atoms with Gasteiger partial charge in [-0.1, -0.05) is 13.8 Å². The molecule has 2 aliphatic rings. The molecule has 0 fully saturated rings. The van der Waals surface area contributed by atoms with Crippen LogP contribution in [0.4, 0.5) is 4.79 Å². The van der Waals surface area contributed by atoms with Gasteiger partial charge in [-0.2, -0.15) is 0 Å². The first-order valence-corrected chi connectivity index (χ1v) is 12.9. The largest absolute Gasteiger partial charge is 0.514 e. The molecule has 204 valence electrons. The van der Waals surface area contributed by atoms with Gasteiger partial charge >= 0.3 is 18.1 Å². The van der Waals surface area contributed by atoms with Crippen molar-refractivity contribution in [2.75, 3.05) is 0 Å². The van der Waals surface area contributed by atoms with Crippen molar-refractivity contribution in [3.05, 3.63) is 56.9 Å². The molecule has 0 radical (unpaired) electrons. The fraction of sp³-hybridized carbons (Fsp3) is 0.414. The van der Waals surface area contributed by atoms with Crippen molar-refractivity contribution in [3.63, 3.8) is 0 Å². The Hall–Kier alpha value is -4.21. The normalized spacial score (nSPS) is 17.6. The highest BCUT2D eigenvalue weighted by Gasteiger charge is 2.50. The number of cyclic esters (lactones) is 1. The Morgan fingerprint density at radius 3 is 2.51 bits per heavy atom. The average Bonchev–Trinajstić information content (AvgIpc) is 3.21. The number of esters is 2. The van der Waals surface area contributed by atoms with Gasteiger partial charge in [0.1, 0.15) is 18.0 Å². The van der Waals surface area contributed by atoms with Crippen LogP contribution < -0.4 is 10.3 Å². The van der Waals surface area contributed by atoms with Gasteiger partial charge in [-0.3, -0.25) is 9.59 Å². The van der Waals surface area contributed by atoms with Crippen LogP contribution in [-0.2, 0) is 49.0 Å². The standard InChI is InChI=1S/C29H30N2O8/c1-7-17-18-11-16(37-27(35)39-28(4,5)6)9-10-22(18)30-24-19(17)13-31-23(24)12-21-20(25(31)33)14-36-26(34)29(21,8-2)38-15(3)32/h9-12H,7-8,13-14H2,1-6H3/t29-/m0/s1. The SMILES string of the molecule is CCc1c2c(nc3ccc(OC(=O)OC(C)(C)C)cc13)-c1cc3c(c(=O)n1C2)COC(=O)[C@@]3(CC)OC(C)=O. The third-order valence-electron chi connectivity index (χ3n) is 7.01. The van der Waals surface area contributed by atoms with Crippen molar-refractivity contribution in [1.82, 2.24) is 9.55 Å². The number of nitrogens with zero attached hydrogens (tertiary/aromatic N) is 2. The van der Waals surface area contributed by atoms with Crippen molar-refractivity contribution in [3.8, 4) is 17.1 Å². The van der Waals surface area contributed by atoms with Crippen LogP contribution in [0.15, 0.2) is 29.1 Å². The zero-order valence-electron chi connectivity index (χ0n) is 22.8. The molecule has 2 aliphatic heterocycles. The first-order chi connectivity index (χ1) is 18.4. The summed E-state index contributed by atoms with van der Waals surface area (Å²) in [5, 5.41) is 0.796. The Morgan fingerprint density at radius 1 is 1.13 bits per heavy atom. The van der Waals surface area contributed by atoms with Crippen LogP contribution >= 0.6 is 0 Å². The third-order valence-corrected chi connectivity index (χ3v) is 7.01. The van der Waals surface area contributed by atoms with Gasteiger partial charge in [0.15, 0.2) is 0 Å². The smallest absolute Gasteiger partial charge is 0.457 e. The number of carbonyl (C=O) groups is 3. The molecule has 0 N–H and O–H groups in total. The molecule has 3 aromatic rings. The van der Waals surface area contributed by atoms with Crippen LogP contribution in [0.3, 0.4) is 0 Å². The average molecular weight is 535 g/mol. The Kier molecular flexibility index (Phi) is 6.24. The predicted octanol–water partition coefficient (Wildman–Crippen LogP) is 4.53. The van der Waals surface area contributed by atoms with E-state index in [0.717, 1.165) is 16.5 Å². The molecule has 1 aromatic carbocycles. The van der Waals surface area contributed by atoms with Gasteiger partial charge in [0, 0.05) is 23.4 Å². The van der Waals surface area contributed by atoms with Crippen molar-refractivity contribution < 1.29 is 33.3 Å². The van der Waals surface area contributed by atoms with Crippen LogP contribution in [0.25, 0.3) is 22.3 Å². The molecule has 4 heterocycles. The van der Waals surface area contributed by atoms with E-state index in [1.54, 1.807) is 56.5 Å². The Morgan fingerprint density at radius 2 is 1.87 bits per heavy atom. The monoisotopic (exact) mass is 534 g/mol. The minimum atomic E-state index is -1.70. The van der Waals surface area contributed by atoms with Crippen LogP contribution in [0.2, 0.25) is 0 Å². The number of benzene rings is 1. The lowest BCUT2D eigenvalue weighted by Gasteiger charge is -2.35. The summed E-state index contributed by atoms with van der Waals surface area (Å²) in [5.74, 6) is -1.03. The maximum absolute atomic E-state index is 13.7. The topological polar surface area (TPSA) is 123 Å². The number of aromatic nitrogens is 2. The minimum absolute atomic E-state index is 0.111. The number of carbonyl (C=O) groups excluding carboxylic acids is 3. The van der Waals surface area contributed by atoms with Gasteiger partial charge in [-0.05, 0) is 63.4 Å². The fourth-order valence-corrected chi connectivity index (χ4v) is 5.38. The highest BCUT2D eigenvalue weighted by molar-refractivity contribution is 5.90. The van der Waals surface area contributed by atoms with E-state index in [2.05, 4.69) is 0 Å². The highest BCUT2D eigenvalue weighted by atomic mass is 16.7. The number of fused-ring (bicyclic) bond motifs is 5. The number of rotatable bonds is 4. The van der Waals surface area contributed by atoms with Crippen LogP contribution in [0.1, 0.15) is 70.2 Å². The summed E-state index contributed by atoms with van der Waals surface area (Å²) in [5.41, 5.74) is 1.54. The quantitative estimate of drug-likeness (QED) is 0.211. The van der Waals surface area contributed by atoms with Crippen molar-refractivity contribution >= 4 is 29.0 Å². The van der Waals surface area contributed by atoms with Crippen molar-refractivity contribution in [2.45, 2.75) is 78.7 Å². The number of aryl methyl sites for hydroxylation is 1. The molecule has 0 saturated heterocycles. The Labute approximate surface area is 224 Å². The van der Waals surface area contributed by atoms with Gasteiger partial charge in [-0.15, -0.1) is 0 Å². The lowest BCUT2D eigenvalue weighted by molar-refractivity contribution is -0.188. The highest BCUT2D eigenvalue weighted by Crippen LogP contribution is 2.42. The lowest BCUT2D eigenvalue weighted by atomic mass is 9.85. The second kappa shape index (κ2) is 9.21.